The smallest absolute Gasteiger partial charge is 0.125 e. The molecule has 2 nitrogen and oxygen atoms in total. The Balaban J connectivity index is 2.08. The fraction of sp³-hybridized carbons (Fsp3) is 0.571. The molecule has 0 N–H and O–H groups in total. The van der Waals surface area contributed by atoms with E-state index in [9.17, 15) is 4.21 Å². The summed E-state index contributed by atoms with van der Waals surface area (Å²) in [6.45, 7) is 6.15. The van der Waals surface area contributed by atoms with Gasteiger partial charge in [-0.2, -0.15) is 0 Å². The Hall–Kier alpha value is -0.350. The number of halogens is 1. The molecule has 1 fully saturated rings. The van der Waals surface area contributed by atoms with Gasteiger partial charge in [-0.15, -0.1) is 0 Å². The van der Waals surface area contributed by atoms with Gasteiger partial charge in [0.15, 0.2) is 0 Å². The van der Waals surface area contributed by atoms with Crippen LogP contribution in [0.4, 0.5) is 5.69 Å². The number of rotatable bonds is 1. The molecule has 1 aromatic carbocycles. The van der Waals surface area contributed by atoms with Crippen molar-refractivity contribution < 1.29 is 4.21 Å². The van der Waals surface area contributed by atoms with Crippen LogP contribution in [0.5, 0.6) is 0 Å². The third-order valence-corrected chi connectivity index (χ3v) is 6.19. The monoisotopic (exact) mass is 327 g/mol. The molecule has 1 heterocycles. The maximum atomic E-state index is 12.8. The maximum absolute atomic E-state index is 12.8. The molecule has 4 heteroatoms. The third kappa shape index (κ3) is 1.85. The number of anilines is 1. The average Bonchev–Trinajstić information content (AvgIpc) is 2.93. The van der Waals surface area contributed by atoms with E-state index in [0.717, 1.165) is 16.6 Å². The lowest BCUT2D eigenvalue weighted by Gasteiger charge is -2.32. The van der Waals surface area contributed by atoms with Gasteiger partial charge in [-0.3, -0.25) is 4.31 Å². The SMILES string of the molecule is CC(C)(C)S(=O)N1c2cc(Br)ccc2CC12CC2. The highest BCUT2D eigenvalue weighted by molar-refractivity contribution is 9.10. The Labute approximate surface area is 119 Å². The summed E-state index contributed by atoms with van der Waals surface area (Å²) in [5, 5.41) is 0. The maximum Gasteiger partial charge on any atom is 0.125 e. The van der Waals surface area contributed by atoms with Gasteiger partial charge in [0.05, 0.1) is 16.0 Å². The molecule has 1 aliphatic heterocycles. The first kappa shape index (κ1) is 12.7. The van der Waals surface area contributed by atoms with E-state index >= 15 is 0 Å². The van der Waals surface area contributed by atoms with Crippen LogP contribution in [0.2, 0.25) is 0 Å². The molecule has 18 heavy (non-hydrogen) atoms. The molecule has 1 unspecified atom stereocenters. The molecule has 0 aromatic heterocycles. The van der Waals surface area contributed by atoms with E-state index in [1.807, 2.05) is 0 Å². The van der Waals surface area contributed by atoms with Crippen LogP contribution in [0, 0.1) is 0 Å². The van der Waals surface area contributed by atoms with Gasteiger partial charge in [-0.25, -0.2) is 4.21 Å². The zero-order valence-electron chi connectivity index (χ0n) is 11.0. The first-order chi connectivity index (χ1) is 8.33. The van der Waals surface area contributed by atoms with E-state index in [4.69, 9.17) is 0 Å². The first-order valence-electron chi connectivity index (χ1n) is 6.34. The van der Waals surface area contributed by atoms with Crippen LogP contribution >= 0.6 is 15.9 Å². The van der Waals surface area contributed by atoms with Gasteiger partial charge in [0, 0.05) is 4.47 Å². The Kier molecular flexibility index (Phi) is 2.69. The van der Waals surface area contributed by atoms with E-state index in [0.29, 0.717) is 0 Å². The number of nitrogens with zero attached hydrogens (tertiary/aromatic N) is 1. The minimum absolute atomic E-state index is 0.154. The summed E-state index contributed by atoms with van der Waals surface area (Å²) < 4.78 is 15.9. The summed E-state index contributed by atoms with van der Waals surface area (Å²) >= 11 is 3.52. The lowest BCUT2D eigenvalue weighted by Crippen LogP contribution is -2.43. The second-order valence-electron chi connectivity index (χ2n) is 6.33. The van der Waals surface area contributed by atoms with E-state index in [-0.39, 0.29) is 10.3 Å². The lowest BCUT2D eigenvalue weighted by molar-refractivity contribution is 0.625. The van der Waals surface area contributed by atoms with Gasteiger partial charge >= 0.3 is 0 Å². The van der Waals surface area contributed by atoms with Gasteiger partial charge in [0.2, 0.25) is 0 Å². The highest BCUT2D eigenvalue weighted by atomic mass is 79.9. The summed E-state index contributed by atoms with van der Waals surface area (Å²) in [6.07, 6.45) is 3.39. The van der Waals surface area contributed by atoms with E-state index in [2.05, 4.69) is 59.2 Å². The predicted molar refractivity (Wildman–Crippen MR) is 80.2 cm³/mol. The second-order valence-corrected chi connectivity index (χ2v) is 9.33. The van der Waals surface area contributed by atoms with E-state index in [1.54, 1.807) is 0 Å². The number of fused-ring (bicyclic) bond motifs is 1. The topological polar surface area (TPSA) is 20.3 Å². The molecule has 0 bridgehead atoms. The fourth-order valence-corrected chi connectivity index (χ4v) is 4.46. The Bertz CT molecular complexity index is 531. The summed E-state index contributed by atoms with van der Waals surface area (Å²) in [7, 11) is -0.977. The molecule has 3 rings (SSSR count). The lowest BCUT2D eigenvalue weighted by atomic mass is 10.1. The van der Waals surface area contributed by atoms with Crippen molar-refractivity contribution in [1.29, 1.82) is 0 Å². The molecule has 0 saturated heterocycles. The van der Waals surface area contributed by atoms with Gasteiger partial charge < -0.3 is 0 Å². The van der Waals surface area contributed by atoms with Crippen LogP contribution in [0.25, 0.3) is 0 Å². The number of hydrogen-bond acceptors (Lipinski definition) is 1. The van der Waals surface area contributed by atoms with Crippen molar-refractivity contribution in [2.75, 3.05) is 4.31 Å². The molecular formula is C14H18BrNOS. The molecule has 1 saturated carbocycles. The standard InChI is InChI=1S/C14H18BrNOS/c1-13(2,3)18(17)16-12-8-11(15)5-4-10(12)9-14(16)6-7-14/h4-5,8H,6-7,9H2,1-3H3. The summed E-state index contributed by atoms with van der Waals surface area (Å²) in [5.74, 6) is 0. The third-order valence-electron chi connectivity index (χ3n) is 3.73. The quantitative estimate of drug-likeness (QED) is 0.768. The summed E-state index contributed by atoms with van der Waals surface area (Å²) in [6, 6.07) is 6.36. The largest absolute Gasteiger partial charge is 0.285 e. The van der Waals surface area contributed by atoms with Crippen molar-refractivity contribution in [3.8, 4) is 0 Å². The molecule has 1 aromatic rings. The van der Waals surface area contributed by atoms with Crippen LogP contribution in [0.1, 0.15) is 39.2 Å². The number of benzene rings is 1. The van der Waals surface area contributed by atoms with Gasteiger partial charge in [0.25, 0.3) is 0 Å². The summed E-state index contributed by atoms with van der Waals surface area (Å²) in [4.78, 5) is 0. The molecule has 98 valence electrons. The van der Waals surface area contributed by atoms with Crippen molar-refractivity contribution in [3.05, 3.63) is 28.2 Å². The molecule has 1 atom stereocenters. The highest BCUT2D eigenvalue weighted by Gasteiger charge is 2.56. The van der Waals surface area contributed by atoms with Crippen LogP contribution in [-0.2, 0) is 17.4 Å². The predicted octanol–water partition coefficient (Wildman–Crippen LogP) is 3.81. The van der Waals surface area contributed by atoms with Crippen LogP contribution in [0.3, 0.4) is 0 Å². The Morgan fingerprint density at radius 1 is 1.33 bits per heavy atom. The Morgan fingerprint density at radius 2 is 2.00 bits per heavy atom. The van der Waals surface area contributed by atoms with Crippen molar-refractivity contribution in [2.24, 2.45) is 0 Å². The molecule has 1 aliphatic carbocycles. The van der Waals surface area contributed by atoms with E-state index < -0.39 is 11.0 Å². The molecule has 1 spiro atoms. The average molecular weight is 328 g/mol. The minimum Gasteiger partial charge on any atom is -0.285 e. The van der Waals surface area contributed by atoms with Crippen LogP contribution in [-0.4, -0.2) is 14.5 Å². The first-order valence-corrected chi connectivity index (χ1v) is 8.24. The van der Waals surface area contributed by atoms with Gasteiger partial charge in [-0.05, 0) is 57.7 Å². The van der Waals surface area contributed by atoms with Crippen molar-refractivity contribution in [1.82, 2.24) is 0 Å². The molecule has 0 amide bonds. The van der Waals surface area contributed by atoms with E-state index in [1.165, 1.54) is 18.4 Å². The van der Waals surface area contributed by atoms with Crippen LogP contribution < -0.4 is 4.31 Å². The normalized spacial score (nSPS) is 22.1. The van der Waals surface area contributed by atoms with Crippen molar-refractivity contribution >= 4 is 32.6 Å². The van der Waals surface area contributed by atoms with Gasteiger partial charge in [-0.1, -0.05) is 22.0 Å². The zero-order valence-corrected chi connectivity index (χ0v) is 13.4. The minimum atomic E-state index is -0.977. The Morgan fingerprint density at radius 3 is 2.56 bits per heavy atom. The highest BCUT2D eigenvalue weighted by Crippen LogP contribution is 2.55. The fourth-order valence-electron chi connectivity index (χ4n) is 2.62. The summed E-state index contributed by atoms with van der Waals surface area (Å²) in [5.41, 5.74) is 2.66. The number of hydrogen-bond donors (Lipinski definition) is 0. The van der Waals surface area contributed by atoms with Crippen molar-refractivity contribution in [3.63, 3.8) is 0 Å². The van der Waals surface area contributed by atoms with Gasteiger partial charge in [0.1, 0.15) is 11.0 Å². The van der Waals surface area contributed by atoms with Crippen LogP contribution in [0.15, 0.2) is 22.7 Å². The van der Waals surface area contributed by atoms with Crippen molar-refractivity contribution in [2.45, 2.75) is 50.3 Å². The zero-order chi connectivity index (χ0) is 13.1. The second kappa shape index (κ2) is 3.83. The molecule has 0 radical (unpaired) electrons. The molecular weight excluding hydrogens is 310 g/mol. The molecule has 2 aliphatic rings.